The molecular weight excluding hydrogens is 294 g/mol. The van der Waals surface area contributed by atoms with Crippen molar-refractivity contribution < 1.29 is 27.8 Å². The first-order valence-electron chi connectivity index (χ1n) is 6.30. The molecule has 114 valence electrons. The third-order valence-corrected chi connectivity index (χ3v) is 2.95. The molecule has 22 heavy (non-hydrogen) atoms. The molecule has 0 aliphatic heterocycles. The number of halogens is 2. The Morgan fingerprint density at radius 3 is 2.45 bits per heavy atom. The van der Waals surface area contributed by atoms with Crippen LogP contribution in [0.1, 0.15) is 26.3 Å². The van der Waals surface area contributed by atoms with Crippen molar-refractivity contribution >= 4 is 12.3 Å². The molecule has 0 atom stereocenters. The van der Waals surface area contributed by atoms with Gasteiger partial charge in [0.15, 0.2) is 17.9 Å². The van der Waals surface area contributed by atoms with Gasteiger partial charge >= 0.3 is 5.97 Å². The fraction of sp³-hybridized carbons (Fsp3) is 0.125. The normalized spacial score (nSPS) is 10.1. The van der Waals surface area contributed by atoms with Gasteiger partial charge < -0.3 is 9.47 Å². The van der Waals surface area contributed by atoms with Gasteiger partial charge in [-0.05, 0) is 11.6 Å². The van der Waals surface area contributed by atoms with Gasteiger partial charge in [0.25, 0.3) is 0 Å². The number of carbonyl (C=O) groups is 2. The van der Waals surface area contributed by atoms with Crippen LogP contribution in [0.25, 0.3) is 0 Å². The Morgan fingerprint density at radius 1 is 1.18 bits per heavy atom. The highest BCUT2D eigenvalue weighted by molar-refractivity contribution is 5.93. The second-order valence-electron chi connectivity index (χ2n) is 4.35. The summed E-state index contributed by atoms with van der Waals surface area (Å²) < 4.78 is 37.4. The zero-order valence-electron chi connectivity index (χ0n) is 11.6. The number of methoxy groups -OCH3 is 1. The van der Waals surface area contributed by atoms with Crippen LogP contribution in [-0.2, 0) is 11.3 Å². The molecule has 6 heteroatoms. The van der Waals surface area contributed by atoms with E-state index in [9.17, 15) is 18.4 Å². The SMILES string of the molecule is COC(=O)c1cc(C=O)c(OCc2ccccc2)c(F)c1F. The van der Waals surface area contributed by atoms with Crippen molar-refractivity contribution in [2.45, 2.75) is 6.61 Å². The third kappa shape index (κ3) is 3.11. The van der Waals surface area contributed by atoms with Crippen LogP contribution in [0.5, 0.6) is 5.75 Å². The first-order chi connectivity index (χ1) is 10.6. The summed E-state index contributed by atoms with van der Waals surface area (Å²) >= 11 is 0. The summed E-state index contributed by atoms with van der Waals surface area (Å²) in [6, 6.07) is 9.69. The lowest BCUT2D eigenvalue weighted by Gasteiger charge is -2.12. The van der Waals surface area contributed by atoms with Crippen LogP contribution < -0.4 is 4.74 Å². The fourth-order valence-electron chi connectivity index (χ4n) is 1.85. The van der Waals surface area contributed by atoms with E-state index in [4.69, 9.17) is 4.74 Å². The van der Waals surface area contributed by atoms with Crippen molar-refractivity contribution in [3.8, 4) is 5.75 Å². The van der Waals surface area contributed by atoms with Gasteiger partial charge in [-0.2, -0.15) is 4.39 Å². The predicted molar refractivity (Wildman–Crippen MR) is 73.9 cm³/mol. The number of benzene rings is 2. The smallest absolute Gasteiger partial charge is 0.340 e. The monoisotopic (exact) mass is 306 g/mol. The second kappa shape index (κ2) is 6.80. The molecular formula is C16H12F2O4. The zero-order chi connectivity index (χ0) is 16.1. The molecule has 0 radical (unpaired) electrons. The molecule has 0 aliphatic carbocycles. The minimum atomic E-state index is -1.42. The van der Waals surface area contributed by atoms with E-state index in [-0.39, 0.29) is 18.5 Å². The highest BCUT2D eigenvalue weighted by atomic mass is 19.2. The minimum Gasteiger partial charge on any atom is -0.485 e. The molecule has 2 aromatic rings. The molecule has 0 amide bonds. The van der Waals surface area contributed by atoms with Gasteiger partial charge in [-0.3, -0.25) is 4.79 Å². The van der Waals surface area contributed by atoms with Crippen LogP contribution in [0, 0.1) is 11.6 Å². The zero-order valence-corrected chi connectivity index (χ0v) is 11.6. The van der Waals surface area contributed by atoms with Crippen molar-refractivity contribution in [2.75, 3.05) is 7.11 Å². The Balaban J connectivity index is 2.37. The van der Waals surface area contributed by atoms with Crippen molar-refractivity contribution in [3.05, 3.63) is 64.7 Å². The fourth-order valence-corrected chi connectivity index (χ4v) is 1.85. The topological polar surface area (TPSA) is 52.6 Å². The molecule has 0 spiro atoms. The van der Waals surface area contributed by atoms with Crippen molar-refractivity contribution in [3.63, 3.8) is 0 Å². The minimum absolute atomic E-state index is 0.0460. The maximum absolute atomic E-state index is 14.0. The van der Waals surface area contributed by atoms with Crippen molar-refractivity contribution in [1.29, 1.82) is 0 Å². The molecule has 0 fully saturated rings. The molecule has 0 aliphatic rings. The Kier molecular flexibility index (Phi) is 4.83. The van der Waals surface area contributed by atoms with Crippen LogP contribution in [0.4, 0.5) is 8.78 Å². The van der Waals surface area contributed by atoms with Gasteiger partial charge in [0.05, 0.1) is 18.2 Å². The number of hydrogen-bond acceptors (Lipinski definition) is 4. The van der Waals surface area contributed by atoms with E-state index >= 15 is 0 Å². The second-order valence-corrected chi connectivity index (χ2v) is 4.35. The average Bonchev–Trinajstić information content (AvgIpc) is 2.56. The summed E-state index contributed by atoms with van der Waals surface area (Å²) in [5.41, 5.74) is -0.208. The van der Waals surface area contributed by atoms with Crippen LogP contribution in [-0.4, -0.2) is 19.4 Å². The molecule has 0 unspecified atom stereocenters. The van der Waals surface area contributed by atoms with E-state index < -0.39 is 28.9 Å². The molecule has 2 rings (SSSR count). The lowest BCUT2D eigenvalue weighted by Crippen LogP contribution is -2.10. The van der Waals surface area contributed by atoms with Crippen LogP contribution in [0.2, 0.25) is 0 Å². The molecule has 0 saturated heterocycles. The molecule has 0 N–H and O–H groups in total. The van der Waals surface area contributed by atoms with Gasteiger partial charge in [-0.15, -0.1) is 0 Å². The van der Waals surface area contributed by atoms with E-state index in [1.165, 1.54) is 0 Å². The third-order valence-electron chi connectivity index (χ3n) is 2.95. The van der Waals surface area contributed by atoms with Crippen molar-refractivity contribution in [2.24, 2.45) is 0 Å². The molecule has 0 aromatic heterocycles. The Hall–Kier alpha value is -2.76. The number of rotatable bonds is 5. The number of hydrogen-bond donors (Lipinski definition) is 0. The molecule has 2 aromatic carbocycles. The van der Waals surface area contributed by atoms with Gasteiger partial charge in [-0.25, -0.2) is 9.18 Å². The lowest BCUT2D eigenvalue weighted by molar-refractivity contribution is 0.0594. The highest BCUT2D eigenvalue weighted by Crippen LogP contribution is 2.28. The molecule has 0 heterocycles. The van der Waals surface area contributed by atoms with E-state index in [2.05, 4.69) is 4.74 Å². The maximum Gasteiger partial charge on any atom is 0.340 e. The average molecular weight is 306 g/mol. The summed E-state index contributed by atoms with van der Waals surface area (Å²) in [6.07, 6.45) is 0.287. The first-order valence-corrected chi connectivity index (χ1v) is 6.30. The van der Waals surface area contributed by atoms with Crippen LogP contribution in [0.15, 0.2) is 36.4 Å². The summed E-state index contributed by atoms with van der Waals surface area (Å²) in [5, 5.41) is 0. The van der Waals surface area contributed by atoms with Crippen LogP contribution in [0.3, 0.4) is 0 Å². The van der Waals surface area contributed by atoms with E-state index in [1.807, 2.05) is 0 Å². The quantitative estimate of drug-likeness (QED) is 0.629. The van der Waals surface area contributed by atoms with Gasteiger partial charge in [0.1, 0.15) is 6.61 Å². The largest absolute Gasteiger partial charge is 0.485 e. The highest BCUT2D eigenvalue weighted by Gasteiger charge is 2.24. The summed E-state index contributed by atoms with van der Waals surface area (Å²) in [6.45, 7) is -0.0460. The molecule has 4 nitrogen and oxygen atoms in total. The Labute approximate surface area is 125 Å². The standard InChI is InChI=1S/C16H12F2O4/c1-21-16(20)12-7-11(8-19)15(14(18)13(12)17)22-9-10-5-3-2-4-6-10/h2-8H,9H2,1H3. The lowest BCUT2D eigenvalue weighted by atomic mass is 10.1. The van der Waals surface area contributed by atoms with Gasteiger partial charge in [0, 0.05) is 0 Å². The van der Waals surface area contributed by atoms with E-state index in [1.54, 1.807) is 30.3 Å². The Morgan fingerprint density at radius 2 is 1.86 bits per heavy atom. The predicted octanol–water partition coefficient (Wildman–Crippen LogP) is 3.14. The molecule has 0 saturated carbocycles. The van der Waals surface area contributed by atoms with Gasteiger partial charge in [0.2, 0.25) is 5.82 Å². The molecule has 0 bridgehead atoms. The summed E-state index contributed by atoms with van der Waals surface area (Å²) in [7, 11) is 1.03. The van der Waals surface area contributed by atoms with E-state index in [0.29, 0.717) is 0 Å². The number of esters is 1. The first kappa shape index (κ1) is 15.6. The number of carbonyl (C=O) groups excluding carboxylic acids is 2. The van der Waals surface area contributed by atoms with Crippen molar-refractivity contribution in [1.82, 2.24) is 0 Å². The van der Waals surface area contributed by atoms with Crippen LogP contribution >= 0.6 is 0 Å². The number of aldehydes is 1. The maximum atomic E-state index is 14.0. The summed E-state index contributed by atoms with van der Waals surface area (Å²) in [5.74, 6) is -4.43. The van der Waals surface area contributed by atoms with E-state index in [0.717, 1.165) is 18.7 Å². The van der Waals surface area contributed by atoms with Gasteiger partial charge in [-0.1, -0.05) is 30.3 Å². The Bertz CT molecular complexity index is 699. The summed E-state index contributed by atoms with van der Waals surface area (Å²) in [4.78, 5) is 22.4. The number of ether oxygens (including phenoxy) is 2.